The lowest BCUT2D eigenvalue weighted by molar-refractivity contribution is -0.191. The minimum absolute atomic E-state index is 0.250. The van der Waals surface area contributed by atoms with Gasteiger partial charge in [-0.3, -0.25) is 0 Å². The van der Waals surface area contributed by atoms with Gasteiger partial charge in [0.05, 0.1) is 0 Å². The van der Waals surface area contributed by atoms with Gasteiger partial charge in [0.15, 0.2) is 0 Å². The Morgan fingerprint density at radius 3 is 1.20 bits per heavy atom. The van der Waals surface area contributed by atoms with Gasteiger partial charge in [-0.15, -0.1) is 0 Å². The van der Waals surface area contributed by atoms with Crippen LogP contribution in [0, 0.1) is 10.8 Å². The van der Waals surface area contributed by atoms with Crippen LogP contribution in [0.3, 0.4) is 0 Å². The van der Waals surface area contributed by atoms with E-state index in [1.165, 1.54) is 0 Å². The molecule has 4 nitrogen and oxygen atoms in total. The summed E-state index contributed by atoms with van der Waals surface area (Å²) in [5.74, 6) is 0. The van der Waals surface area contributed by atoms with Gasteiger partial charge in [-0.2, -0.15) is 9.59 Å². The Labute approximate surface area is 27.8 Å². The Morgan fingerprint density at radius 1 is 1.20 bits per heavy atom. The summed E-state index contributed by atoms with van der Waals surface area (Å²) in [6, 6.07) is 0. The normalized spacial score (nSPS) is 2.00. The molecule has 0 radical (unpaired) electrons. The highest BCUT2D eigenvalue weighted by Gasteiger charge is 1.13. The van der Waals surface area contributed by atoms with Crippen LogP contribution in [0.25, 0.3) is 0 Å². The number of hydrogen-bond acceptors (Lipinski definition) is 4. The van der Waals surface area contributed by atoms with Crippen molar-refractivity contribution in [2.24, 2.45) is 0 Å². The van der Waals surface area contributed by atoms with Gasteiger partial charge in [0.2, 0.25) is 0 Å². The highest BCUT2D eigenvalue weighted by atomic mass is 16.2. The summed E-state index contributed by atoms with van der Waals surface area (Å²) in [5.41, 5.74) is 0. The Bertz CT molecular complexity index is 49.9. The Morgan fingerprint density at radius 2 is 1.20 bits per heavy atom. The fourth-order valence-corrected chi connectivity index (χ4v) is 0. The van der Waals surface area contributed by atoms with Crippen molar-refractivity contribution >= 4 is 6.15 Å². The molecule has 0 aromatic heterocycles. The van der Waals surface area contributed by atoms with E-state index in [4.69, 9.17) is 20.4 Å². The monoisotopic (exact) mass is 72.0 g/mol. The summed E-state index contributed by atoms with van der Waals surface area (Å²) >= 11 is 0. The molecule has 0 fully saturated rings. The van der Waals surface area contributed by atoms with Gasteiger partial charge < -0.3 is 0 Å². The molecule has 0 aliphatic rings. The molecule has 0 saturated carbocycles. The Hall–Kier alpha value is -1.20. The first-order chi connectivity index (χ1) is 2.41. The van der Waals surface area contributed by atoms with E-state index in [2.05, 4.69) is 0 Å². The molecule has 0 aliphatic heterocycles. The minimum Gasteiger partial charge on any atom is -0.186 e. The molecule has 4 heteroatoms. The van der Waals surface area contributed by atoms with Crippen molar-refractivity contribution in [3.05, 3.63) is 0 Å². The number of nitrogens with zero attached hydrogens (tertiary/aromatic N) is 2. The van der Waals surface area contributed by atoms with Gasteiger partial charge in [-0.25, -0.2) is 0 Å². The summed E-state index contributed by atoms with van der Waals surface area (Å²) in [4.78, 5) is 16.2. The standard InChI is InChI=1S/CO2.N2/c2-1-3;1-2. The van der Waals surface area contributed by atoms with E-state index >= 15 is 0 Å². The summed E-state index contributed by atoms with van der Waals surface area (Å²) < 4.78 is 0. The topological polar surface area (TPSA) is 81.7 Å². The highest BCUT2D eigenvalue weighted by molar-refractivity contribution is 5.20. The third-order valence-electron chi connectivity index (χ3n) is 0. The Balaban J connectivity index is 0. The Kier molecular flexibility index (Phi) is 417. The first-order valence-corrected chi connectivity index (χ1v) is 0.608. The molecule has 0 N–H and O–H groups in total. The van der Waals surface area contributed by atoms with Crippen LogP contribution in [0.15, 0.2) is 0 Å². The first-order valence-electron chi connectivity index (χ1n) is 0.608. The van der Waals surface area contributed by atoms with Crippen LogP contribution >= 0.6 is 0 Å². The molecule has 26 valence electrons. The largest absolute Gasteiger partial charge is 0.373 e. The first kappa shape index (κ1) is 9.20. The summed E-state index contributed by atoms with van der Waals surface area (Å²) in [5, 5.41) is 12.0. The molecule has 0 aromatic carbocycles. The predicted molar refractivity (Wildman–Crippen MR) is 8.46 cm³/mol. The lowest BCUT2D eigenvalue weighted by Gasteiger charge is -0.945. The van der Waals surface area contributed by atoms with Crippen LogP contribution in [0.4, 0.5) is 0 Å². The van der Waals surface area contributed by atoms with Crippen LogP contribution < -0.4 is 0 Å². The second kappa shape index (κ2) is 227. The van der Waals surface area contributed by atoms with Crippen LogP contribution in [0.1, 0.15) is 0 Å². The average molecular weight is 72.0 g/mol. The molecule has 0 atom stereocenters. The maximum Gasteiger partial charge on any atom is 0.373 e. The third kappa shape index (κ3) is 1.24. The minimum atomic E-state index is 0.250. The highest BCUT2D eigenvalue weighted by Crippen LogP contribution is 0.787. The molecule has 0 bridgehead atoms. The number of carbonyl (C=O) groups excluding carboxylic acids is 2. The zero-order chi connectivity index (χ0) is 4.71. The molecule has 0 amide bonds. The third-order valence-corrected chi connectivity index (χ3v) is 0. The number of hydrogen-bond donors (Lipinski definition) is 0. The maximum absolute atomic E-state index is 8.12. The van der Waals surface area contributed by atoms with Gasteiger partial charge in [0, 0.05) is 10.8 Å². The van der Waals surface area contributed by atoms with E-state index in [1.54, 1.807) is 0 Å². The summed E-state index contributed by atoms with van der Waals surface area (Å²) in [6.07, 6.45) is 0.250. The SMILES string of the molecule is N#N.O=C=O. The molecular weight excluding hydrogens is 72.0 g/mol. The van der Waals surface area contributed by atoms with Crippen molar-refractivity contribution in [1.29, 1.82) is 10.8 Å². The molecule has 5 heavy (non-hydrogen) atoms. The second-order valence-electron chi connectivity index (χ2n) is 0.0833. The van der Waals surface area contributed by atoms with E-state index in [1.807, 2.05) is 0 Å². The van der Waals surface area contributed by atoms with E-state index in [0.29, 0.717) is 0 Å². The smallest absolute Gasteiger partial charge is 0.186 e. The molecule has 0 aliphatic carbocycles. The zero-order valence-electron chi connectivity index (χ0n) is 2.21. The van der Waals surface area contributed by atoms with E-state index in [-0.39, 0.29) is 6.15 Å². The quantitative estimate of drug-likeness (QED) is 0.359. The molecule has 0 rings (SSSR count). The van der Waals surface area contributed by atoms with Gasteiger partial charge in [0.25, 0.3) is 0 Å². The van der Waals surface area contributed by atoms with E-state index < -0.39 is 0 Å². The van der Waals surface area contributed by atoms with Gasteiger partial charge in [0.1, 0.15) is 0 Å². The summed E-state index contributed by atoms with van der Waals surface area (Å²) in [6.45, 7) is 0. The van der Waals surface area contributed by atoms with Crippen molar-refractivity contribution in [1.82, 2.24) is 0 Å². The van der Waals surface area contributed by atoms with Crippen LogP contribution in [0.2, 0.25) is 0 Å². The molecule has 0 unspecified atom stereocenters. The molecule has 0 saturated heterocycles. The van der Waals surface area contributed by atoms with Crippen LogP contribution in [-0.2, 0) is 9.59 Å². The van der Waals surface area contributed by atoms with Crippen molar-refractivity contribution in [3.8, 4) is 0 Å². The molecule has 0 heterocycles. The average Bonchev–Trinajstić information content (AvgIpc) is 1.46. The zero-order valence-corrected chi connectivity index (χ0v) is 2.21. The van der Waals surface area contributed by atoms with Gasteiger partial charge >= 0.3 is 6.15 Å². The second-order valence-corrected chi connectivity index (χ2v) is 0.0833. The van der Waals surface area contributed by atoms with E-state index in [0.717, 1.165) is 0 Å². The fraction of sp³-hybridized carbons (Fsp3) is 0. The van der Waals surface area contributed by atoms with Crippen molar-refractivity contribution in [2.75, 3.05) is 0 Å². The maximum atomic E-state index is 8.12. The fourth-order valence-electron chi connectivity index (χ4n) is 0. The van der Waals surface area contributed by atoms with Crippen molar-refractivity contribution in [3.63, 3.8) is 0 Å². The predicted octanol–water partition coefficient (Wildman–Crippen LogP) is -0.553. The van der Waals surface area contributed by atoms with Crippen molar-refractivity contribution < 1.29 is 9.59 Å². The van der Waals surface area contributed by atoms with Crippen LogP contribution in [0.5, 0.6) is 0 Å². The van der Waals surface area contributed by atoms with Crippen molar-refractivity contribution in [2.45, 2.75) is 0 Å². The molecule has 0 spiro atoms. The lowest BCUT2D eigenvalue weighted by Crippen LogP contribution is -1.22. The van der Waals surface area contributed by atoms with Gasteiger partial charge in [-0.05, 0) is 0 Å². The number of rotatable bonds is 0. The molecule has 0 aromatic rings. The summed E-state index contributed by atoms with van der Waals surface area (Å²) in [7, 11) is 0. The van der Waals surface area contributed by atoms with Crippen LogP contribution in [-0.4, -0.2) is 6.15 Å². The lowest BCUT2D eigenvalue weighted by atomic mass is 11.8. The van der Waals surface area contributed by atoms with E-state index in [9.17, 15) is 0 Å². The van der Waals surface area contributed by atoms with Gasteiger partial charge in [-0.1, -0.05) is 0 Å². The molecular formula is CN2O2.